The molecule has 0 saturated heterocycles. The number of aromatic nitrogens is 1. The fourth-order valence-corrected chi connectivity index (χ4v) is 3.17. The van der Waals surface area contributed by atoms with Gasteiger partial charge in [-0.05, 0) is 51.5 Å². The van der Waals surface area contributed by atoms with E-state index < -0.39 is 18.5 Å². The van der Waals surface area contributed by atoms with Crippen molar-refractivity contribution in [3.8, 4) is 11.8 Å². The highest BCUT2D eigenvalue weighted by atomic mass is 16.5. The Morgan fingerprint density at radius 3 is 2.45 bits per heavy atom. The number of carbonyl (C=O) groups excluding carboxylic acids is 2. The molecular formula is C22H21N3O4. The van der Waals surface area contributed by atoms with Gasteiger partial charge in [-0.1, -0.05) is 18.2 Å². The minimum atomic E-state index is -0.638. The zero-order valence-corrected chi connectivity index (χ0v) is 16.7. The number of hydrogen-bond acceptors (Lipinski definition) is 5. The van der Waals surface area contributed by atoms with E-state index in [9.17, 15) is 14.9 Å². The summed E-state index contributed by atoms with van der Waals surface area (Å²) >= 11 is 0. The number of esters is 1. The number of benzene rings is 1. The number of rotatable bonds is 5. The van der Waals surface area contributed by atoms with E-state index in [-0.39, 0.29) is 5.56 Å². The molecule has 0 atom stereocenters. The summed E-state index contributed by atoms with van der Waals surface area (Å²) in [5.74, 6) is 0.196. The number of anilines is 1. The lowest BCUT2D eigenvalue weighted by Crippen LogP contribution is -2.23. The molecule has 3 aromatic rings. The summed E-state index contributed by atoms with van der Waals surface area (Å²) in [7, 11) is 0. The molecule has 148 valence electrons. The molecule has 0 radical (unpaired) electrons. The molecular weight excluding hydrogens is 370 g/mol. The van der Waals surface area contributed by atoms with E-state index in [1.807, 2.05) is 44.2 Å². The minimum absolute atomic E-state index is 0.285. The van der Waals surface area contributed by atoms with Crippen molar-refractivity contribution < 1.29 is 18.7 Å². The number of carbonyl (C=O) groups is 2. The Morgan fingerprint density at radius 1 is 1.17 bits per heavy atom. The van der Waals surface area contributed by atoms with Gasteiger partial charge in [-0.25, -0.2) is 4.79 Å². The van der Waals surface area contributed by atoms with Crippen LogP contribution in [0.5, 0.6) is 0 Å². The summed E-state index contributed by atoms with van der Waals surface area (Å²) in [5, 5.41) is 12.3. The number of nitriles is 1. The summed E-state index contributed by atoms with van der Waals surface area (Å²) in [6, 6.07) is 13.1. The first-order valence-electron chi connectivity index (χ1n) is 9.05. The standard InChI is InChI=1S/C22H21N3O4/c1-13-10-18(16(4)29-13)22(27)28-12-20(26)24-21-19(11-23)14(2)15(3)25(21)17-8-6-5-7-9-17/h5-10H,12H2,1-4H3,(H,24,26). The van der Waals surface area contributed by atoms with Crippen molar-refractivity contribution in [2.45, 2.75) is 27.7 Å². The Bertz CT molecular complexity index is 1120. The van der Waals surface area contributed by atoms with Gasteiger partial charge >= 0.3 is 5.97 Å². The third kappa shape index (κ3) is 3.92. The van der Waals surface area contributed by atoms with Gasteiger partial charge in [0, 0.05) is 11.4 Å². The first kappa shape index (κ1) is 20.0. The molecule has 0 spiro atoms. The van der Waals surface area contributed by atoms with Crippen molar-refractivity contribution in [2.24, 2.45) is 0 Å². The molecule has 0 aliphatic rings. The van der Waals surface area contributed by atoms with Gasteiger partial charge in [0.2, 0.25) is 0 Å². The summed E-state index contributed by atoms with van der Waals surface area (Å²) < 4.78 is 12.2. The molecule has 1 aromatic carbocycles. The van der Waals surface area contributed by atoms with Gasteiger partial charge in [0.1, 0.15) is 29.0 Å². The van der Waals surface area contributed by atoms with E-state index in [0.29, 0.717) is 22.9 Å². The molecule has 0 saturated carbocycles. The van der Waals surface area contributed by atoms with E-state index >= 15 is 0 Å². The number of amides is 1. The lowest BCUT2D eigenvalue weighted by atomic mass is 10.2. The maximum Gasteiger partial charge on any atom is 0.342 e. The molecule has 0 aliphatic heterocycles. The van der Waals surface area contributed by atoms with Crippen LogP contribution in [-0.4, -0.2) is 23.1 Å². The molecule has 1 N–H and O–H groups in total. The van der Waals surface area contributed by atoms with Gasteiger partial charge in [-0.15, -0.1) is 0 Å². The summed E-state index contributed by atoms with van der Waals surface area (Å²) in [5.41, 5.74) is 3.07. The Kier molecular flexibility index (Phi) is 5.55. The van der Waals surface area contributed by atoms with Gasteiger partial charge in [0.25, 0.3) is 5.91 Å². The van der Waals surface area contributed by atoms with E-state index in [2.05, 4.69) is 11.4 Å². The maximum absolute atomic E-state index is 12.5. The SMILES string of the molecule is Cc1cc(C(=O)OCC(=O)Nc2c(C#N)c(C)c(C)n2-c2ccccc2)c(C)o1. The van der Waals surface area contributed by atoms with E-state index in [1.165, 1.54) is 0 Å². The highest BCUT2D eigenvalue weighted by Gasteiger charge is 2.22. The number of nitrogens with one attached hydrogen (secondary N) is 1. The molecule has 0 fully saturated rings. The lowest BCUT2D eigenvalue weighted by Gasteiger charge is -2.13. The van der Waals surface area contributed by atoms with E-state index in [4.69, 9.17) is 9.15 Å². The molecule has 2 aromatic heterocycles. The average Bonchev–Trinajstić information content (AvgIpc) is 3.16. The van der Waals surface area contributed by atoms with Crippen LogP contribution < -0.4 is 5.32 Å². The third-order valence-electron chi connectivity index (χ3n) is 4.69. The van der Waals surface area contributed by atoms with Crippen LogP contribution in [0.4, 0.5) is 5.82 Å². The molecule has 0 aliphatic carbocycles. The van der Waals surface area contributed by atoms with Gasteiger partial charge in [-0.2, -0.15) is 5.26 Å². The quantitative estimate of drug-likeness (QED) is 0.664. The summed E-state index contributed by atoms with van der Waals surface area (Å²) in [6.45, 7) is 6.60. The molecule has 7 heteroatoms. The Labute approximate surface area is 168 Å². The number of nitrogens with zero attached hydrogens (tertiary/aromatic N) is 2. The van der Waals surface area contributed by atoms with Gasteiger partial charge in [-0.3, -0.25) is 9.36 Å². The van der Waals surface area contributed by atoms with Crippen LogP contribution in [0.1, 0.15) is 38.7 Å². The smallest absolute Gasteiger partial charge is 0.342 e. The normalized spacial score (nSPS) is 10.4. The van der Waals surface area contributed by atoms with Crippen LogP contribution in [-0.2, 0) is 9.53 Å². The second-order valence-corrected chi connectivity index (χ2v) is 6.67. The second-order valence-electron chi connectivity index (χ2n) is 6.67. The lowest BCUT2D eigenvalue weighted by molar-refractivity contribution is -0.119. The van der Waals surface area contributed by atoms with Gasteiger partial charge < -0.3 is 14.5 Å². The van der Waals surface area contributed by atoms with Crippen molar-refractivity contribution >= 4 is 17.7 Å². The number of hydrogen-bond donors (Lipinski definition) is 1. The maximum atomic E-state index is 12.5. The first-order chi connectivity index (χ1) is 13.8. The largest absolute Gasteiger partial charge is 0.466 e. The van der Waals surface area contributed by atoms with Crippen LogP contribution >= 0.6 is 0 Å². The van der Waals surface area contributed by atoms with Crippen LogP contribution in [0.15, 0.2) is 40.8 Å². The van der Waals surface area contributed by atoms with Crippen molar-refractivity contribution in [1.82, 2.24) is 4.57 Å². The Morgan fingerprint density at radius 2 is 1.86 bits per heavy atom. The highest BCUT2D eigenvalue weighted by Crippen LogP contribution is 2.29. The molecule has 7 nitrogen and oxygen atoms in total. The monoisotopic (exact) mass is 391 g/mol. The van der Waals surface area contributed by atoms with Crippen LogP contribution in [0.3, 0.4) is 0 Å². The average molecular weight is 391 g/mol. The third-order valence-corrected chi connectivity index (χ3v) is 4.69. The number of aryl methyl sites for hydroxylation is 2. The highest BCUT2D eigenvalue weighted by molar-refractivity contribution is 5.96. The number of para-hydroxylation sites is 1. The topological polar surface area (TPSA) is 97.3 Å². The predicted octanol–water partition coefficient (Wildman–Crippen LogP) is 3.97. The van der Waals surface area contributed by atoms with Gasteiger partial charge in [0.05, 0.1) is 5.56 Å². The van der Waals surface area contributed by atoms with E-state index in [1.54, 1.807) is 24.5 Å². The van der Waals surface area contributed by atoms with Crippen LogP contribution in [0, 0.1) is 39.0 Å². The molecule has 3 rings (SSSR count). The minimum Gasteiger partial charge on any atom is -0.466 e. The fourth-order valence-electron chi connectivity index (χ4n) is 3.17. The zero-order valence-electron chi connectivity index (χ0n) is 16.7. The van der Waals surface area contributed by atoms with Crippen molar-refractivity contribution in [3.05, 3.63) is 70.3 Å². The second kappa shape index (κ2) is 8.07. The van der Waals surface area contributed by atoms with Gasteiger partial charge in [0.15, 0.2) is 6.61 Å². The molecule has 29 heavy (non-hydrogen) atoms. The zero-order chi connectivity index (χ0) is 21.1. The van der Waals surface area contributed by atoms with Crippen molar-refractivity contribution in [3.63, 3.8) is 0 Å². The molecule has 2 heterocycles. The summed E-state index contributed by atoms with van der Waals surface area (Å²) in [6.07, 6.45) is 0. The number of furan rings is 1. The predicted molar refractivity (Wildman–Crippen MR) is 107 cm³/mol. The van der Waals surface area contributed by atoms with Crippen LogP contribution in [0.2, 0.25) is 0 Å². The summed E-state index contributed by atoms with van der Waals surface area (Å²) in [4.78, 5) is 24.7. The first-order valence-corrected chi connectivity index (χ1v) is 9.05. The van der Waals surface area contributed by atoms with Crippen molar-refractivity contribution in [1.29, 1.82) is 5.26 Å². The molecule has 1 amide bonds. The molecule has 0 bridgehead atoms. The number of ether oxygens (including phenoxy) is 1. The van der Waals surface area contributed by atoms with Crippen LogP contribution in [0.25, 0.3) is 5.69 Å². The Hall–Kier alpha value is -3.79. The molecule has 0 unspecified atom stereocenters. The van der Waals surface area contributed by atoms with Crippen molar-refractivity contribution in [2.75, 3.05) is 11.9 Å². The fraction of sp³-hybridized carbons (Fsp3) is 0.227. The Balaban J connectivity index is 1.82. The van der Waals surface area contributed by atoms with E-state index in [0.717, 1.165) is 16.9 Å².